The molecule has 0 amide bonds. The SMILES string of the molecule is CCC(C)(CC(C)N(C)SC)CN(C=S)C(C)C. The molecule has 2 atom stereocenters. The van der Waals surface area contributed by atoms with Crippen molar-refractivity contribution in [2.75, 3.05) is 19.8 Å². The van der Waals surface area contributed by atoms with Crippen molar-refractivity contribution in [1.29, 1.82) is 0 Å². The monoisotopic (exact) mass is 290 g/mol. The molecule has 0 aromatic heterocycles. The van der Waals surface area contributed by atoms with Crippen LogP contribution < -0.4 is 0 Å². The molecular weight excluding hydrogens is 260 g/mol. The summed E-state index contributed by atoms with van der Waals surface area (Å²) in [5.41, 5.74) is 2.14. The predicted octanol–water partition coefficient (Wildman–Crippen LogP) is 4.06. The van der Waals surface area contributed by atoms with Crippen molar-refractivity contribution in [3.05, 3.63) is 0 Å². The van der Waals surface area contributed by atoms with Crippen LogP contribution in [0.4, 0.5) is 0 Å². The topological polar surface area (TPSA) is 6.48 Å². The minimum atomic E-state index is 0.322. The zero-order valence-corrected chi connectivity index (χ0v) is 14.7. The maximum absolute atomic E-state index is 5.14. The molecule has 0 aromatic carbocycles. The summed E-state index contributed by atoms with van der Waals surface area (Å²) in [4.78, 5) is 2.28. The number of hydrogen-bond acceptors (Lipinski definition) is 3. The first-order chi connectivity index (χ1) is 8.29. The van der Waals surface area contributed by atoms with Crippen molar-refractivity contribution in [3.8, 4) is 0 Å². The summed E-state index contributed by atoms with van der Waals surface area (Å²) in [5.74, 6) is 0. The Morgan fingerprint density at radius 3 is 2.22 bits per heavy atom. The summed E-state index contributed by atoms with van der Waals surface area (Å²) in [5, 5.41) is 0. The van der Waals surface area contributed by atoms with Crippen LogP contribution in [0.25, 0.3) is 0 Å². The molecular formula is C14H30N2S2. The van der Waals surface area contributed by atoms with Gasteiger partial charge in [-0.3, -0.25) is 4.31 Å². The molecule has 0 aliphatic carbocycles. The Bertz CT molecular complexity index is 246. The standard InChI is InChI=1S/C14H30N2S2/c1-8-14(5,9-13(4)15(6)18-7)10-16(11-17)12(2)3/h11-13H,8-10H2,1-7H3. The summed E-state index contributed by atoms with van der Waals surface area (Å²) >= 11 is 6.95. The van der Waals surface area contributed by atoms with E-state index in [9.17, 15) is 0 Å². The predicted molar refractivity (Wildman–Crippen MR) is 89.3 cm³/mol. The van der Waals surface area contributed by atoms with Gasteiger partial charge in [0.1, 0.15) is 0 Å². The van der Waals surface area contributed by atoms with E-state index < -0.39 is 0 Å². The highest BCUT2D eigenvalue weighted by Crippen LogP contribution is 2.31. The Labute approximate surface area is 124 Å². The number of rotatable bonds is 9. The molecule has 0 bridgehead atoms. The van der Waals surface area contributed by atoms with E-state index in [2.05, 4.69) is 57.1 Å². The van der Waals surface area contributed by atoms with Gasteiger partial charge in [-0.2, -0.15) is 0 Å². The molecule has 2 nitrogen and oxygen atoms in total. The van der Waals surface area contributed by atoms with Crippen molar-refractivity contribution in [2.24, 2.45) is 5.41 Å². The molecule has 0 radical (unpaired) electrons. The van der Waals surface area contributed by atoms with Gasteiger partial charge in [0.2, 0.25) is 0 Å². The molecule has 0 aliphatic heterocycles. The van der Waals surface area contributed by atoms with Crippen molar-refractivity contribution in [1.82, 2.24) is 9.21 Å². The first-order valence-corrected chi connectivity index (χ1v) is 8.43. The van der Waals surface area contributed by atoms with Crippen LogP contribution in [0, 0.1) is 5.41 Å². The van der Waals surface area contributed by atoms with E-state index in [1.54, 1.807) is 11.9 Å². The number of hydrogen-bond donors (Lipinski definition) is 0. The fourth-order valence-corrected chi connectivity index (χ4v) is 2.88. The first kappa shape index (κ1) is 18.2. The normalized spacial score (nSPS) is 16.7. The Morgan fingerprint density at radius 2 is 1.89 bits per heavy atom. The molecule has 4 heteroatoms. The molecule has 108 valence electrons. The van der Waals surface area contributed by atoms with Gasteiger partial charge in [0.15, 0.2) is 0 Å². The molecule has 0 aromatic rings. The molecule has 0 heterocycles. The summed E-state index contributed by atoms with van der Waals surface area (Å²) in [6, 6.07) is 1.08. The van der Waals surface area contributed by atoms with E-state index in [-0.39, 0.29) is 0 Å². The van der Waals surface area contributed by atoms with Gasteiger partial charge in [0.25, 0.3) is 0 Å². The lowest BCUT2D eigenvalue weighted by molar-refractivity contribution is 0.162. The van der Waals surface area contributed by atoms with Gasteiger partial charge < -0.3 is 4.90 Å². The minimum Gasteiger partial charge on any atom is -0.366 e. The van der Waals surface area contributed by atoms with Crippen LogP contribution in [-0.4, -0.2) is 46.6 Å². The second-order valence-electron chi connectivity index (χ2n) is 5.82. The maximum atomic E-state index is 5.14. The van der Waals surface area contributed by atoms with Gasteiger partial charge in [-0.15, -0.1) is 0 Å². The Balaban J connectivity index is 4.64. The van der Waals surface area contributed by atoms with Gasteiger partial charge in [-0.25, -0.2) is 0 Å². The van der Waals surface area contributed by atoms with Crippen molar-refractivity contribution < 1.29 is 0 Å². The molecule has 0 saturated heterocycles. The van der Waals surface area contributed by atoms with E-state index >= 15 is 0 Å². The van der Waals surface area contributed by atoms with E-state index in [0.717, 1.165) is 6.54 Å². The van der Waals surface area contributed by atoms with Gasteiger partial charge in [0, 0.05) is 18.6 Å². The molecule has 0 fully saturated rings. The Kier molecular flexibility index (Phi) is 8.48. The average molecular weight is 291 g/mol. The second-order valence-corrected chi connectivity index (χ2v) is 6.97. The summed E-state index contributed by atoms with van der Waals surface area (Å²) in [7, 11) is 2.17. The van der Waals surface area contributed by atoms with Crippen molar-refractivity contribution in [2.45, 2.75) is 59.5 Å². The highest BCUT2D eigenvalue weighted by atomic mass is 32.2. The summed E-state index contributed by atoms with van der Waals surface area (Å²) < 4.78 is 2.34. The van der Waals surface area contributed by atoms with E-state index in [0.29, 0.717) is 17.5 Å². The molecule has 0 spiro atoms. The maximum Gasteiger partial charge on any atom is 0.0643 e. The van der Waals surface area contributed by atoms with Gasteiger partial charge in [-0.1, -0.05) is 38.0 Å². The first-order valence-electron chi connectivity index (χ1n) is 6.77. The highest BCUT2D eigenvalue weighted by Gasteiger charge is 2.28. The van der Waals surface area contributed by atoms with Crippen molar-refractivity contribution >= 4 is 29.7 Å². The van der Waals surface area contributed by atoms with Crippen LogP contribution in [0.2, 0.25) is 0 Å². The van der Waals surface area contributed by atoms with Gasteiger partial charge in [0.05, 0.1) is 5.49 Å². The van der Waals surface area contributed by atoms with Crippen LogP contribution in [0.15, 0.2) is 0 Å². The Morgan fingerprint density at radius 1 is 1.33 bits per heavy atom. The fourth-order valence-electron chi connectivity index (χ4n) is 2.12. The van der Waals surface area contributed by atoms with Crippen LogP contribution in [0.3, 0.4) is 0 Å². The van der Waals surface area contributed by atoms with Crippen LogP contribution in [-0.2, 0) is 0 Å². The molecule has 0 saturated carbocycles. The summed E-state index contributed by atoms with van der Waals surface area (Å²) in [6.45, 7) is 12.4. The smallest absolute Gasteiger partial charge is 0.0643 e. The van der Waals surface area contributed by atoms with Crippen molar-refractivity contribution in [3.63, 3.8) is 0 Å². The quantitative estimate of drug-likeness (QED) is 0.466. The lowest BCUT2D eigenvalue weighted by atomic mass is 9.80. The zero-order valence-electron chi connectivity index (χ0n) is 13.1. The lowest BCUT2D eigenvalue weighted by Gasteiger charge is -2.39. The van der Waals surface area contributed by atoms with Gasteiger partial charge in [-0.05, 0) is 52.3 Å². The highest BCUT2D eigenvalue weighted by molar-refractivity contribution is 7.96. The molecule has 0 aliphatic rings. The lowest BCUT2D eigenvalue weighted by Crippen LogP contribution is -2.41. The van der Waals surface area contributed by atoms with E-state index in [4.69, 9.17) is 12.2 Å². The average Bonchev–Trinajstić information content (AvgIpc) is 2.34. The largest absolute Gasteiger partial charge is 0.366 e. The fraction of sp³-hybridized carbons (Fsp3) is 0.929. The van der Waals surface area contributed by atoms with Crippen LogP contribution in [0.5, 0.6) is 0 Å². The van der Waals surface area contributed by atoms with Crippen LogP contribution in [0.1, 0.15) is 47.5 Å². The minimum absolute atomic E-state index is 0.322. The zero-order chi connectivity index (χ0) is 14.3. The molecule has 18 heavy (non-hydrogen) atoms. The Hall–Kier alpha value is 0.200. The molecule has 0 N–H and O–H groups in total. The van der Waals surface area contributed by atoms with Gasteiger partial charge >= 0.3 is 0 Å². The molecule has 2 unspecified atom stereocenters. The van der Waals surface area contributed by atoms with E-state index in [1.807, 2.05) is 5.49 Å². The second kappa shape index (κ2) is 8.39. The summed E-state index contributed by atoms with van der Waals surface area (Å²) in [6.07, 6.45) is 4.52. The third-order valence-corrected chi connectivity index (χ3v) is 5.12. The molecule has 0 rings (SSSR count). The van der Waals surface area contributed by atoms with Crippen LogP contribution >= 0.6 is 24.2 Å². The third-order valence-electron chi connectivity index (χ3n) is 3.91. The number of thiocarbonyl (C=S) groups is 1. The van der Waals surface area contributed by atoms with E-state index in [1.165, 1.54) is 12.8 Å². The number of nitrogens with zero attached hydrogens (tertiary/aromatic N) is 2. The third kappa shape index (κ3) is 5.89.